The van der Waals surface area contributed by atoms with Crippen LogP contribution in [0.2, 0.25) is 0 Å². The summed E-state index contributed by atoms with van der Waals surface area (Å²) in [5, 5.41) is 4.37. The molecule has 0 radical (unpaired) electrons. The van der Waals surface area contributed by atoms with Crippen molar-refractivity contribution in [3.8, 4) is 0 Å². The first-order valence-corrected chi connectivity index (χ1v) is 7.02. The highest BCUT2D eigenvalue weighted by Gasteiger charge is 2.18. The standard InChI is InChI=1S/C12H21N3OS/c1-9-8-15(5-4-6-16-9)12-14-7-11(17-12)10(2)13-3/h7,9-10,13H,4-6,8H2,1-3H3. The van der Waals surface area contributed by atoms with E-state index in [1.165, 1.54) is 4.88 Å². The zero-order valence-electron chi connectivity index (χ0n) is 10.8. The molecule has 2 unspecified atom stereocenters. The maximum absolute atomic E-state index is 5.65. The highest BCUT2D eigenvalue weighted by atomic mass is 32.1. The van der Waals surface area contributed by atoms with Crippen LogP contribution in [0.3, 0.4) is 0 Å². The number of aromatic nitrogens is 1. The molecule has 1 fully saturated rings. The summed E-state index contributed by atoms with van der Waals surface area (Å²) in [6.45, 7) is 7.14. The van der Waals surface area contributed by atoms with Crippen molar-refractivity contribution in [3.63, 3.8) is 0 Å². The molecule has 1 saturated heterocycles. The Morgan fingerprint density at radius 1 is 1.65 bits per heavy atom. The Labute approximate surface area is 107 Å². The van der Waals surface area contributed by atoms with Crippen molar-refractivity contribution in [1.82, 2.24) is 10.3 Å². The second-order valence-corrected chi connectivity index (χ2v) is 5.58. The number of nitrogens with one attached hydrogen (secondary N) is 1. The summed E-state index contributed by atoms with van der Waals surface area (Å²) in [6.07, 6.45) is 3.37. The fourth-order valence-electron chi connectivity index (χ4n) is 1.93. The molecule has 0 spiro atoms. The van der Waals surface area contributed by atoms with Gasteiger partial charge in [0.05, 0.1) is 6.10 Å². The fraction of sp³-hybridized carbons (Fsp3) is 0.750. The fourth-order valence-corrected chi connectivity index (χ4v) is 2.94. The Morgan fingerprint density at radius 2 is 2.47 bits per heavy atom. The largest absolute Gasteiger partial charge is 0.377 e. The van der Waals surface area contributed by atoms with Gasteiger partial charge in [-0.25, -0.2) is 4.98 Å². The van der Waals surface area contributed by atoms with E-state index in [1.807, 2.05) is 13.2 Å². The van der Waals surface area contributed by atoms with E-state index in [9.17, 15) is 0 Å². The van der Waals surface area contributed by atoms with Gasteiger partial charge in [0.2, 0.25) is 0 Å². The van der Waals surface area contributed by atoms with Crippen molar-refractivity contribution < 1.29 is 4.74 Å². The van der Waals surface area contributed by atoms with Crippen LogP contribution >= 0.6 is 11.3 Å². The van der Waals surface area contributed by atoms with Crippen LogP contribution in [-0.4, -0.2) is 37.8 Å². The molecular formula is C12H21N3OS. The first-order valence-electron chi connectivity index (χ1n) is 6.20. The molecule has 5 heteroatoms. The van der Waals surface area contributed by atoms with Gasteiger partial charge >= 0.3 is 0 Å². The third-order valence-electron chi connectivity index (χ3n) is 3.09. The van der Waals surface area contributed by atoms with Crippen LogP contribution in [-0.2, 0) is 4.74 Å². The summed E-state index contributed by atoms with van der Waals surface area (Å²) in [4.78, 5) is 8.17. The molecule has 1 aromatic rings. The first kappa shape index (κ1) is 12.8. The van der Waals surface area contributed by atoms with Crippen LogP contribution < -0.4 is 10.2 Å². The predicted molar refractivity (Wildman–Crippen MR) is 71.8 cm³/mol. The number of nitrogens with zero attached hydrogens (tertiary/aromatic N) is 2. The summed E-state index contributed by atoms with van der Waals surface area (Å²) < 4.78 is 5.65. The van der Waals surface area contributed by atoms with E-state index < -0.39 is 0 Å². The molecule has 4 nitrogen and oxygen atoms in total. The number of rotatable bonds is 3. The third kappa shape index (κ3) is 3.18. The minimum atomic E-state index is 0.298. The van der Waals surface area contributed by atoms with Gasteiger partial charge < -0.3 is 15.0 Å². The molecule has 2 atom stereocenters. The monoisotopic (exact) mass is 255 g/mol. The van der Waals surface area contributed by atoms with Gasteiger partial charge in [-0.3, -0.25) is 0 Å². The molecule has 1 aliphatic heterocycles. The van der Waals surface area contributed by atoms with E-state index in [0.717, 1.165) is 31.2 Å². The predicted octanol–water partition coefficient (Wildman–Crippen LogP) is 2.04. The second-order valence-electron chi connectivity index (χ2n) is 4.54. The molecule has 1 aromatic heterocycles. The van der Waals surface area contributed by atoms with Gasteiger partial charge in [-0.15, -0.1) is 11.3 Å². The van der Waals surface area contributed by atoms with Gasteiger partial charge in [0.15, 0.2) is 5.13 Å². The van der Waals surface area contributed by atoms with E-state index in [-0.39, 0.29) is 0 Å². The average molecular weight is 255 g/mol. The highest BCUT2D eigenvalue weighted by Crippen LogP contribution is 2.28. The van der Waals surface area contributed by atoms with Crippen LogP contribution in [0.1, 0.15) is 31.2 Å². The molecule has 1 N–H and O–H groups in total. The minimum absolute atomic E-state index is 0.298. The maximum Gasteiger partial charge on any atom is 0.185 e. The van der Waals surface area contributed by atoms with E-state index in [2.05, 4.69) is 29.0 Å². The van der Waals surface area contributed by atoms with Crippen LogP contribution in [0.4, 0.5) is 5.13 Å². The smallest absolute Gasteiger partial charge is 0.185 e. The van der Waals surface area contributed by atoms with Crippen molar-refractivity contribution in [3.05, 3.63) is 11.1 Å². The van der Waals surface area contributed by atoms with Crippen molar-refractivity contribution >= 4 is 16.5 Å². The van der Waals surface area contributed by atoms with Crippen LogP contribution in [0.5, 0.6) is 0 Å². The Hall–Kier alpha value is -0.650. The minimum Gasteiger partial charge on any atom is -0.377 e. The summed E-state index contributed by atoms with van der Waals surface area (Å²) in [7, 11) is 1.98. The van der Waals surface area contributed by atoms with Crippen molar-refractivity contribution in [2.45, 2.75) is 32.4 Å². The molecule has 0 bridgehead atoms. The second kappa shape index (κ2) is 5.80. The van der Waals surface area contributed by atoms with E-state index in [4.69, 9.17) is 4.74 Å². The van der Waals surface area contributed by atoms with Crippen molar-refractivity contribution in [1.29, 1.82) is 0 Å². The summed E-state index contributed by atoms with van der Waals surface area (Å²) >= 11 is 1.78. The summed E-state index contributed by atoms with van der Waals surface area (Å²) in [5.41, 5.74) is 0. The summed E-state index contributed by atoms with van der Waals surface area (Å²) in [5.74, 6) is 0. The molecule has 0 amide bonds. The van der Waals surface area contributed by atoms with Gasteiger partial charge in [0, 0.05) is 36.8 Å². The lowest BCUT2D eigenvalue weighted by atomic mass is 10.3. The molecule has 96 valence electrons. The van der Waals surface area contributed by atoms with Crippen LogP contribution in [0, 0.1) is 0 Å². The Morgan fingerprint density at radius 3 is 3.24 bits per heavy atom. The van der Waals surface area contributed by atoms with Gasteiger partial charge in [-0.2, -0.15) is 0 Å². The maximum atomic E-state index is 5.65. The number of hydrogen-bond donors (Lipinski definition) is 1. The van der Waals surface area contributed by atoms with Gasteiger partial charge in [0.1, 0.15) is 0 Å². The van der Waals surface area contributed by atoms with E-state index in [0.29, 0.717) is 12.1 Å². The zero-order chi connectivity index (χ0) is 12.3. The number of thiazole rings is 1. The zero-order valence-corrected chi connectivity index (χ0v) is 11.6. The topological polar surface area (TPSA) is 37.4 Å². The molecule has 2 heterocycles. The van der Waals surface area contributed by atoms with Crippen LogP contribution in [0.15, 0.2) is 6.20 Å². The molecule has 0 aromatic carbocycles. The van der Waals surface area contributed by atoms with Gasteiger partial charge in [0.25, 0.3) is 0 Å². The average Bonchev–Trinajstić information content (AvgIpc) is 2.72. The number of hydrogen-bond acceptors (Lipinski definition) is 5. The molecule has 0 saturated carbocycles. The van der Waals surface area contributed by atoms with E-state index in [1.54, 1.807) is 11.3 Å². The lowest BCUT2D eigenvalue weighted by Gasteiger charge is -2.20. The Bertz CT molecular complexity index is 355. The first-order chi connectivity index (χ1) is 8.20. The normalized spacial score (nSPS) is 23.5. The lowest BCUT2D eigenvalue weighted by Crippen LogP contribution is -2.29. The van der Waals surface area contributed by atoms with Gasteiger partial charge in [-0.05, 0) is 27.3 Å². The molecule has 0 aliphatic carbocycles. The summed E-state index contributed by atoms with van der Waals surface area (Å²) in [6, 6.07) is 0.377. The molecule has 1 aliphatic rings. The Balaban J connectivity index is 2.07. The van der Waals surface area contributed by atoms with Gasteiger partial charge in [-0.1, -0.05) is 0 Å². The van der Waals surface area contributed by atoms with Crippen molar-refractivity contribution in [2.24, 2.45) is 0 Å². The highest BCUT2D eigenvalue weighted by molar-refractivity contribution is 7.15. The lowest BCUT2D eigenvalue weighted by molar-refractivity contribution is 0.0821. The number of ether oxygens (including phenoxy) is 1. The molecular weight excluding hydrogens is 234 g/mol. The third-order valence-corrected chi connectivity index (χ3v) is 4.33. The molecule has 2 rings (SSSR count). The SMILES string of the molecule is CNC(C)c1cnc(N2CCCOC(C)C2)s1. The number of anilines is 1. The van der Waals surface area contributed by atoms with Crippen LogP contribution in [0.25, 0.3) is 0 Å². The quantitative estimate of drug-likeness (QED) is 0.897. The molecule has 17 heavy (non-hydrogen) atoms. The van der Waals surface area contributed by atoms with E-state index >= 15 is 0 Å². The Kier molecular flexibility index (Phi) is 4.36. The van der Waals surface area contributed by atoms with Crippen molar-refractivity contribution in [2.75, 3.05) is 31.6 Å².